The van der Waals surface area contributed by atoms with Crippen LogP contribution in [0.5, 0.6) is 0 Å². The zero-order valence-corrected chi connectivity index (χ0v) is 4.96. The van der Waals surface area contributed by atoms with Gasteiger partial charge in [-0.2, -0.15) is 0 Å². The van der Waals surface area contributed by atoms with Crippen LogP contribution in [-0.4, -0.2) is 22.8 Å². The van der Waals surface area contributed by atoms with E-state index in [4.69, 9.17) is 0 Å². The molecule has 0 bridgehead atoms. The molecule has 0 aromatic rings. The second-order valence-corrected chi connectivity index (χ2v) is 0. The van der Waals surface area contributed by atoms with Gasteiger partial charge in [-0.05, 0) is 0 Å². The minimum Gasteiger partial charge on any atom is -1.00 e. The van der Waals surface area contributed by atoms with Crippen molar-refractivity contribution >= 4 is 17.4 Å². The molecule has 0 heterocycles. The molecule has 0 saturated heterocycles. The smallest absolute Gasteiger partial charge is 1.00 e. The summed E-state index contributed by atoms with van der Waals surface area (Å²) in [5, 5.41) is 0. The molecule has 4 heteroatoms. The molecule has 0 radical (unpaired) electrons. The quantitative estimate of drug-likeness (QED) is 0.293. The summed E-state index contributed by atoms with van der Waals surface area (Å²) >= 11 is 0. The van der Waals surface area contributed by atoms with Crippen LogP contribution in [0.3, 0.4) is 0 Å². The molecule has 0 atom stereocenters. The first-order valence-corrected chi connectivity index (χ1v) is 0. The zero-order chi connectivity index (χ0) is 0. The summed E-state index contributed by atoms with van der Waals surface area (Å²) in [6, 6.07) is 0. The summed E-state index contributed by atoms with van der Waals surface area (Å²) in [7, 11) is 0. The number of hydrogen-bond acceptors (Lipinski definition) is 0. The Kier molecular flexibility index (Phi) is 186. The number of hydrogen-bond donors (Lipinski definition) is 0. The number of rotatable bonds is 0. The predicted molar refractivity (Wildman–Crippen MR) is 14.7 cm³/mol. The van der Waals surface area contributed by atoms with Gasteiger partial charge in [-0.1, -0.05) is 0 Å². The molecule has 0 aromatic heterocycles. The van der Waals surface area contributed by atoms with Crippen LogP contribution < -0.4 is 29.6 Å². The van der Waals surface area contributed by atoms with E-state index < -0.39 is 0 Å². The van der Waals surface area contributed by atoms with Crippen LogP contribution >= 0.6 is 0 Å². The van der Waals surface area contributed by atoms with Crippen molar-refractivity contribution in [2.75, 3.05) is 0 Å². The van der Waals surface area contributed by atoms with E-state index in [0.717, 1.165) is 0 Å². The van der Waals surface area contributed by atoms with Crippen LogP contribution in [0.1, 0.15) is 1.43 Å². The van der Waals surface area contributed by atoms with E-state index in [1.807, 2.05) is 0 Å². The summed E-state index contributed by atoms with van der Waals surface area (Å²) in [6.45, 7) is 0. The second kappa shape index (κ2) is 19.9. The van der Waals surface area contributed by atoms with Crippen molar-refractivity contribution in [3.05, 3.63) is 0 Å². The average Bonchev–Trinajstić information content (AvgIpc) is 0. The molecule has 0 saturated carbocycles. The molecule has 0 rings (SSSR count). The summed E-state index contributed by atoms with van der Waals surface area (Å²) in [5.41, 5.74) is 0. The third-order valence-corrected chi connectivity index (χ3v) is 0. The molecule has 0 amide bonds. The van der Waals surface area contributed by atoms with Gasteiger partial charge in [0.15, 0.2) is 17.4 Å². The molecule has 0 spiro atoms. The summed E-state index contributed by atoms with van der Waals surface area (Å²) < 4.78 is 0. The third-order valence-electron chi connectivity index (χ3n) is 0. The van der Waals surface area contributed by atoms with Gasteiger partial charge in [-0.3, -0.25) is 0 Å². The Labute approximate surface area is 70.2 Å². The van der Waals surface area contributed by atoms with Crippen LogP contribution in [0.2, 0.25) is 0 Å². The molecule has 24 valence electrons. The van der Waals surface area contributed by atoms with Crippen molar-refractivity contribution < 1.29 is 53.5 Å². The minimum absolute atomic E-state index is 0. The van der Waals surface area contributed by atoms with Crippen molar-refractivity contribution in [2.45, 2.75) is 0 Å². The molecular weight excluding hydrogens is 122 g/mol. The Hall–Kier alpha value is 2.01. The fraction of sp³-hybridized carbons (Fsp3) is 0. The summed E-state index contributed by atoms with van der Waals surface area (Å²) in [5.74, 6) is 0. The molecule has 0 unspecified atom stereocenters. The van der Waals surface area contributed by atoms with Crippen LogP contribution in [0.15, 0.2) is 0 Å². The van der Waals surface area contributed by atoms with Crippen molar-refractivity contribution in [3.8, 4) is 0 Å². The Bertz CT molecular complexity index is 11.6. The van der Waals surface area contributed by atoms with Gasteiger partial charge in [-0.25, -0.2) is 0 Å². The second-order valence-electron chi connectivity index (χ2n) is 0. The fourth-order valence-electron chi connectivity index (χ4n) is 0. The summed E-state index contributed by atoms with van der Waals surface area (Å²) in [4.78, 5) is 0. The Morgan fingerprint density at radius 2 is 1.25 bits per heavy atom. The van der Waals surface area contributed by atoms with Crippen LogP contribution in [0.4, 0.5) is 0 Å². The Morgan fingerprint density at radius 3 is 1.25 bits per heavy atom. The van der Waals surface area contributed by atoms with Crippen LogP contribution in [0.25, 0.3) is 0 Å². The first-order chi connectivity index (χ1) is 0. The Balaban J connectivity index is 0. The van der Waals surface area contributed by atoms with Gasteiger partial charge in [0, 0.05) is 17.1 Å². The van der Waals surface area contributed by atoms with Crippen LogP contribution in [0, 0.1) is 0 Å². The normalized spacial score (nSPS) is 0. The van der Waals surface area contributed by atoms with Gasteiger partial charge in [0.1, 0.15) is 0 Å². The third kappa shape index (κ3) is 8.99. The van der Waals surface area contributed by atoms with Crippen molar-refractivity contribution in [3.63, 3.8) is 0 Å². The van der Waals surface area contributed by atoms with E-state index >= 15 is 0 Å². The maximum Gasteiger partial charge on any atom is 1.00 e. The molecule has 0 aliphatic heterocycles. The van der Waals surface area contributed by atoms with Gasteiger partial charge < -0.3 is 6.90 Å². The summed E-state index contributed by atoms with van der Waals surface area (Å²) in [6.07, 6.45) is 0. The minimum atomic E-state index is 0. The predicted octanol–water partition coefficient (Wildman–Crippen LogP) is -4.89. The maximum atomic E-state index is 0. The average molecular weight is 128 g/mol. The van der Waals surface area contributed by atoms with Gasteiger partial charge in [0.05, 0.1) is 0 Å². The van der Waals surface area contributed by atoms with E-state index in [1.165, 1.54) is 0 Å². The monoisotopic (exact) mass is 128 g/mol. The molecule has 0 aliphatic rings. The van der Waals surface area contributed by atoms with Crippen molar-refractivity contribution in [1.29, 1.82) is 0 Å². The van der Waals surface area contributed by atoms with Gasteiger partial charge in [0.25, 0.3) is 0 Å². The molecule has 0 fully saturated rings. The van der Waals surface area contributed by atoms with E-state index in [0.29, 0.717) is 0 Å². The molecule has 2 N–H and O–H groups in total. The van der Waals surface area contributed by atoms with E-state index in [9.17, 15) is 0 Å². The fourth-order valence-corrected chi connectivity index (χ4v) is 0. The first kappa shape index (κ1) is 37.3. The SMILES string of the molecule is O.[AlH3].[Fe].[H-].[Na+]. The topological polar surface area (TPSA) is 31.5 Å². The molecule has 4 heavy (non-hydrogen) atoms. The van der Waals surface area contributed by atoms with Gasteiger partial charge in [-0.15, -0.1) is 0 Å². The molecule has 0 aliphatic carbocycles. The van der Waals surface area contributed by atoms with E-state index in [-0.39, 0.29) is 70.9 Å². The van der Waals surface area contributed by atoms with E-state index in [2.05, 4.69) is 0 Å². The largest absolute Gasteiger partial charge is 1.00 e. The Morgan fingerprint density at radius 1 is 1.25 bits per heavy atom. The van der Waals surface area contributed by atoms with E-state index in [1.54, 1.807) is 0 Å². The zero-order valence-electron chi connectivity index (χ0n) is 2.85. The van der Waals surface area contributed by atoms with Crippen molar-refractivity contribution in [2.24, 2.45) is 0 Å². The molecule has 0 aromatic carbocycles. The molecule has 1 nitrogen and oxygen atoms in total. The van der Waals surface area contributed by atoms with Crippen LogP contribution in [-0.2, 0) is 17.1 Å². The maximum absolute atomic E-state index is 0. The standard InChI is InChI=1S/Al.Fe.Na.H2O.4H/h;;;1H2;;;;/q;;+1;;;;;-1. The molecular formula is H6AlFeNaO. The van der Waals surface area contributed by atoms with Crippen molar-refractivity contribution in [1.82, 2.24) is 0 Å². The van der Waals surface area contributed by atoms with Gasteiger partial charge in [0.2, 0.25) is 0 Å². The van der Waals surface area contributed by atoms with Gasteiger partial charge >= 0.3 is 29.6 Å². The first-order valence-electron chi connectivity index (χ1n) is 0.